The van der Waals surface area contributed by atoms with Crippen LogP contribution in [0.4, 0.5) is 5.69 Å². The fraction of sp³-hybridized carbons (Fsp3) is 0.381. The van der Waals surface area contributed by atoms with Gasteiger partial charge in [0.05, 0.1) is 14.2 Å². The van der Waals surface area contributed by atoms with Crippen molar-refractivity contribution in [3.05, 3.63) is 53.1 Å². The molecule has 6 heteroatoms. The van der Waals surface area contributed by atoms with Crippen LogP contribution in [0.2, 0.25) is 5.02 Å². The molecule has 0 bridgehead atoms. The lowest BCUT2D eigenvalue weighted by Gasteiger charge is -2.36. The quantitative estimate of drug-likeness (QED) is 0.757. The zero-order valence-corrected chi connectivity index (χ0v) is 16.5. The number of anilines is 1. The Labute approximate surface area is 165 Å². The van der Waals surface area contributed by atoms with Crippen LogP contribution in [0.3, 0.4) is 0 Å². The number of hydrogen-bond donors (Lipinski definition) is 0. The van der Waals surface area contributed by atoms with Crippen LogP contribution < -0.4 is 14.4 Å². The summed E-state index contributed by atoms with van der Waals surface area (Å²) in [6.07, 6.45) is 1.09. The highest BCUT2D eigenvalue weighted by Crippen LogP contribution is 2.26. The Morgan fingerprint density at radius 1 is 1.04 bits per heavy atom. The molecule has 0 atom stereocenters. The number of ether oxygens (including phenoxy) is 2. The number of halogens is 1. The number of nitrogens with zero attached hydrogens (tertiary/aromatic N) is 2. The molecule has 27 heavy (non-hydrogen) atoms. The molecule has 5 nitrogen and oxygen atoms in total. The van der Waals surface area contributed by atoms with Gasteiger partial charge in [-0.25, -0.2) is 0 Å². The molecule has 1 aliphatic heterocycles. The Balaban J connectivity index is 1.54. The monoisotopic (exact) mass is 388 g/mol. The maximum absolute atomic E-state index is 12.6. The number of rotatable bonds is 6. The maximum atomic E-state index is 12.6. The van der Waals surface area contributed by atoms with E-state index in [0.717, 1.165) is 54.0 Å². The Morgan fingerprint density at radius 3 is 2.48 bits per heavy atom. The van der Waals surface area contributed by atoms with Crippen LogP contribution in [0, 0.1) is 0 Å². The summed E-state index contributed by atoms with van der Waals surface area (Å²) in [5.74, 6) is 1.73. The van der Waals surface area contributed by atoms with Gasteiger partial charge < -0.3 is 19.3 Å². The summed E-state index contributed by atoms with van der Waals surface area (Å²) < 4.78 is 10.7. The van der Waals surface area contributed by atoms with Gasteiger partial charge in [0, 0.05) is 43.3 Å². The number of amides is 1. The van der Waals surface area contributed by atoms with Gasteiger partial charge >= 0.3 is 0 Å². The molecule has 2 aromatic carbocycles. The van der Waals surface area contributed by atoms with E-state index in [2.05, 4.69) is 11.0 Å². The minimum atomic E-state index is 0.172. The van der Waals surface area contributed by atoms with Crippen LogP contribution in [0.1, 0.15) is 12.0 Å². The van der Waals surface area contributed by atoms with Crippen LogP contribution in [0.15, 0.2) is 42.5 Å². The minimum absolute atomic E-state index is 0.172. The van der Waals surface area contributed by atoms with Crippen molar-refractivity contribution in [1.29, 1.82) is 0 Å². The van der Waals surface area contributed by atoms with Gasteiger partial charge in [0.25, 0.3) is 0 Å². The van der Waals surface area contributed by atoms with Crippen molar-refractivity contribution in [1.82, 2.24) is 4.90 Å². The minimum Gasteiger partial charge on any atom is -0.497 e. The molecule has 0 unspecified atom stereocenters. The molecule has 1 aliphatic rings. The number of benzene rings is 2. The molecule has 1 fully saturated rings. The Kier molecular flexibility index (Phi) is 6.45. The normalized spacial score (nSPS) is 14.2. The maximum Gasteiger partial charge on any atom is 0.223 e. The fourth-order valence-corrected chi connectivity index (χ4v) is 3.55. The molecule has 2 aromatic rings. The molecule has 0 aromatic heterocycles. The van der Waals surface area contributed by atoms with E-state index in [4.69, 9.17) is 21.1 Å². The lowest BCUT2D eigenvalue weighted by molar-refractivity contribution is -0.131. The Bertz CT molecular complexity index is 789. The molecular weight excluding hydrogens is 364 g/mol. The van der Waals surface area contributed by atoms with E-state index in [1.54, 1.807) is 14.2 Å². The number of carbonyl (C=O) groups excluding carboxylic acids is 1. The van der Waals surface area contributed by atoms with E-state index < -0.39 is 0 Å². The van der Waals surface area contributed by atoms with Gasteiger partial charge in [0.2, 0.25) is 5.91 Å². The third-order valence-electron chi connectivity index (χ3n) is 4.90. The number of aryl methyl sites for hydroxylation is 1. The van der Waals surface area contributed by atoms with E-state index in [1.807, 2.05) is 41.3 Å². The summed E-state index contributed by atoms with van der Waals surface area (Å²) in [5, 5.41) is 0.734. The van der Waals surface area contributed by atoms with Crippen molar-refractivity contribution in [3.8, 4) is 11.5 Å². The van der Waals surface area contributed by atoms with Gasteiger partial charge in [-0.2, -0.15) is 0 Å². The van der Waals surface area contributed by atoms with Crippen LogP contribution in [0.5, 0.6) is 11.5 Å². The largest absolute Gasteiger partial charge is 0.497 e. The average molecular weight is 389 g/mol. The van der Waals surface area contributed by atoms with E-state index in [9.17, 15) is 4.79 Å². The van der Waals surface area contributed by atoms with E-state index in [0.29, 0.717) is 12.8 Å². The molecule has 3 rings (SSSR count). The molecule has 0 aliphatic carbocycles. The van der Waals surface area contributed by atoms with Crippen LogP contribution in [0.25, 0.3) is 0 Å². The van der Waals surface area contributed by atoms with E-state index in [-0.39, 0.29) is 5.91 Å². The lowest BCUT2D eigenvalue weighted by atomic mass is 10.1. The van der Waals surface area contributed by atoms with E-state index >= 15 is 0 Å². The zero-order chi connectivity index (χ0) is 19.2. The van der Waals surface area contributed by atoms with Gasteiger partial charge in [0.1, 0.15) is 11.5 Å². The first-order valence-electron chi connectivity index (χ1n) is 9.10. The molecular formula is C21H25ClN2O3. The highest BCUT2D eigenvalue weighted by atomic mass is 35.5. The first-order valence-corrected chi connectivity index (χ1v) is 9.47. The molecule has 1 saturated heterocycles. The zero-order valence-electron chi connectivity index (χ0n) is 15.8. The smallest absolute Gasteiger partial charge is 0.223 e. The highest BCUT2D eigenvalue weighted by Gasteiger charge is 2.21. The number of hydrogen-bond acceptors (Lipinski definition) is 4. The second kappa shape index (κ2) is 9.00. The lowest BCUT2D eigenvalue weighted by Crippen LogP contribution is -2.48. The summed E-state index contributed by atoms with van der Waals surface area (Å²) in [6.45, 7) is 3.07. The van der Waals surface area contributed by atoms with Gasteiger partial charge in [-0.3, -0.25) is 4.79 Å². The summed E-state index contributed by atoms with van der Waals surface area (Å²) in [6, 6.07) is 13.5. The second-order valence-corrected chi connectivity index (χ2v) is 6.96. The first-order chi connectivity index (χ1) is 13.1. The average Bonchev–Trinajstić information content (AvgIpc) is 2.71. The van der Waals surface area contributed by atoms with Crippen molar-refractivity contribution in [2.24, 2.45) is 0 Å². The Morgan fingerprint density at radius 2 is 1.81 bits per heavy atom. The standard InChI is InChI=1S/C21H25ClN2O3/c1-26-19-7-8-20(27-2)16(14-19)6-9-21(25)24-12-10-23(11-13-24)18-5-3-4-17(22)15-18/h3-5,7-8,14-15H,6,9-13H2,1-2H3. The number of methoxy groups -OCH3 is 2. The van der Waals surface area contributed by atoms with E-state index in [1.165, 1.54) is 0 Å². The van der Waals surface area contributed by atoms with Crippen molar-refractivity contribution < 1.29 is 14.3 Å². The van der Waals surface area contributed by atoms with Crippen LogP contribution >= 0.6 is 11.6 Å². The molecule has 0 N–H and O–H groups in total. The second-order valence-electron chi connectivity index (χ2n) is 6.53. The van der Waals surface area contributed by atoms with Crippen molar-refractivity contribution in [2.45, 2.75) is 12.8 Å². The topological polar surface area (TPSA) is 42.0 Å². The third-order valence-corrected chi connectivity index (χ3v) is 5.14. The molecule has 0 spiro atoms. The van der Waals surface area contributed by atoms with Crippen LogP contribution in [-0.2, 0) is 11.2 Å². The predicted molar refractivity (Wildman–Crippen MR) is 108 cm³/mol. The van der Waals surface area contributed by atoms with Crippen molar-refractivity contribution in [2.75, 3.05) is 45.3 Å². The van der Waals surface area contributed by atoms with Gasteiger partial charge in [-0.05, 0) is 48.4 Å². The third kappa shape index (κ3) is 4.86. The highest BCUT2D eigenvalue weighted by molar-refractivity contribution is 6.30. The van der Waals surface area contributed by atoms with Gasteiger partial charge in [-0.1, -0.05) is 17.7 Å². The van der Waals surface area contributed by atoms with Crippen molar-refractivity contribution >= 4 is 23.2 Å². The van der Waals surface area contributed by atoms with Crippen LogP contribution in [-0.4, -0.2) is 51.2 Å². The van der Waals surface area contributed by atoms with Gasteiger partial charge in [0.15, 0.2) is 0 Å². The predicted octanol–water partition coefficient (Wildman–Crippen LogP) is 3.64. The number of carbonyl (C=O) groups is 1. The van der Waals surface area contributed by atoms with Gasteiger partial charge in [-0.15, -0.1) is 0 Å². The molecule has 1 heterocycles. The summed E-state index contributed by atoms with van der Waals surface area (Å²) in [4.78, 5) is 16.8. The summed E-state index contributed by atoms with van der Waals surface area (Å²) in [7, 11) is 3.28. The molecule has 144 valence electrons. The first kappa shape index (κ1) is 19.4. The molecule has 1 amide bonds. The molecule has 0 saturated carbocycles. The summed E-state index contributed by atoms with van der Waals surface area (Å²) in [5.41, 5.74) is 2.10. The Hall–Kier alpha value is -2.40. The van der Waals surface area contributed by atoms with Crippen molar-refractivity contribution in [3.63, 3.8) is 0 Å². The summed E-state index contributed by atoms with van der Waals surface area (Å²) >= 11 is 6.08. The fourth-order valence-electron chi connectivity index (χ4n) is 3.36. The molecule has 0 radical (unpaired) electrons. The SMILES string of the molecule is COc1ccc(OC)c(CCC(=O)N2CCN(c3cccc(Cl)c3)CC2)c1. The number of piperazine rings is 1.